The summed E-state index contributed by atoms with van der Waals surface area (Å²) in [6, 6.07) is 9.70. The van der Waals surface area contributed by atoms with Gasteiger partial charge < -0.3 is 10.3 Å². The molecule has 0 unspecified atom stereocenters. The first kappa shape index (κ1) is 15.0. The van der Waals surface area contributed by atoms with Crippen LogP contribution in [0.15, 0.2) is 41.2 Å². The predicted molar refractivity (Wildman–Crippen MR) is 87.1 cm³/mol. The van der Waals surface area contributed by atoms with Gasteiger partial charge in [0.25, 0.3) is 0 Å². The molecule has 0 aliphatic heterocycles. The van der Waals surface area contributed by atoms with E-state index < -0.39 is 11.5 Å². The van der Waals surface area contributed by atoms with Crippen molar-refractivity contribution in [2.75, 3.05) is 5.32 Å². The van der Waals surface area contributed by atoms with Gasteiger partial charge in [-0.3, -0.25) is 9.36 Å². The minimum atomic E-state index is -0.442. The Morgan fingerprint density at radius 3 is 2.61 bits per heavy atom. The average Bonchev–Trinajstić information content (AvgIpc) is 2.78. The van der Waals surface area contributed by atoms with E-state index in [1.165, 1.54) is 22.8 Å². The first-order valence-electron chi connectivity index (χ1n) is 7.20. The maximum absolute atomic E-state index is 13.2. The Morgan fingerprint density at radius 1 is 1.22 bits per heavy atom. The number of nitrogens with zero attached hydrogens (tertiary/aromatic N) is 1. The normalized spacial score (nSPS) is 10.9. The van der Waals surface area contributed by atoms with E-state index in [2.05, 4.69) is 10.3 Å². The Hall–Kier alpha value is -2.89. The van der Waals surface area contributed by atoms with Crippen LogP contribution in [0.2, 0.25) is 0 Å². The highest BCUT2D eigenvalue weighted by molar-refractivity contribution is 5.93. The number of benzene rings is 2. The van der Waals surface area contributed by atoms with Gasteiger partial charge in [0.2, 0.25) is 5.91 Å². The summed E-state index contributed by atoms with van der Waals surface area (Å²) in [5.74, 6) is -0.749. The number of nitrogens with one attached hydrogen (secondary N) is 2. The van der Waals surface area contributed by atoms with Gasteiger partial charge in [0.1, 0.15) is 12.4 Å². The molecule has 3 aromatic rings. The van der Waals surface area contributed by atoms with E-state index >= 15 is 0 Å². The van der Waals surface area contributed by atoms with E-state index in [1.54, 1.807) is 0 Å². The summed E-state index contributed by atoms with van der Waals surface area (Å²) in [7, 11) is 0. The van der Waals surface area contributed by atoms with Crippen molar-refractivity contribution in [1.29, 1.82) is 0 Å². The molecule has 0 saturated heterocycles. The Labute approximate surface area is 131 Å². The van der Waals surface area contributed by atoms with Crippen LogP contribution in [-0.2, 0) is 11.3 Å². The molecule has 3 rings (SSSR count). The number of fused-ring (bicyclic) bond motifs is 1. The Balaban J connectivity index is 1.89. The molecular formula is C17H16FN3O2. The predicted octanol–water partition coefficient (Wildman–Crippen LogP) is 2.72. The van der Waals surface area contributed by atoms with Crippen LogP contribution in [0.3, 0.4) is 0 Å². The van der Waals surface area contributed by atoms with Crippen LogP contribution in [0, 0.1) is 19.7 Å². The lowest BCUT2D eigenvalue weighted by atomic mass is 10.1. The number of amides is 1. The molecule has 0 bridgehead atoms. The number of anilines is 1. The van der Waals surface area contributed by atoms with Crippen molar-refractivity contribution >= 4 is 22.6 Å². The van der Waals surface area contributed by atoms with Gasteiger partial charge in [0.15, 0.2) is 0 Å². The highest BCUT2D eigenvalue weighted by Gasteiger charge is 2.13. The van der Waals surface area contributed by atoms with E-state index in [4.69, 9.17) is 0 Å². The molecule has 0 spiro atoms. The zero-order valence-corrected chi connectivity index (χ0v) is 12.8. The molecule has 0 aliphatic carbocycles. The molecule has 0 fully saturated rings. The molecule has 5 nitrogen and oxygen atoms in total. The van der Waals surface area contributed by atoms with Gasteiger partial charge in [-0.05, 0) is 43.2 Å². The van der Waals surface area contributed by atoms with E-state index in [-0.39, 0.29) is 12.5 Å². The second kappa shape index (κ2) is 5.72. The maximum Gasteiger partial charge on any atom is 0.326 e. The van der Waals surface area contributed by atoms with Crippen molar-refractivity contribution in [3.05, 3.63) is 63.8 Å². The maximum atomic E-state index is 13.2. The van der Waals surface area contributed by atoms with Crippen LogP contribution < -0.4 is 11.0 Å². The van der Waals surface area contributed by atoms with E-state index in [9.17, 15) is 14.0 Å². The lowest BCUT2D eigenvalue weighted by Gasteiger charge is -2.11. The Kier molecular flexibility index (Phi) is 3.73. The fraction of sp³-hybridized carbons (Fsp3) is 0.176. The SMILES string of the molecule is Cc1cccc(C)c1NC(=O)Cn1c(=O)[nH]c2cc(F)ccc21. The van der Waals surface area contributed by atoms with Crippen LogP contribution in [0.1, 0.15) is 11.1 Å². The zero-order chi connectivity index (χ0) is 16.6. The van der Waals surface area contributed by atoms with Crippen LogP contribution in [0.5, 0.6) is 0 Å². The van der Waals surface area contributed by atoms with Gasteiger partial charge in [-0.1, -0.05) is 18.2 Å². The highest BCUT2D eigenvalue weighted by atomic mass is 19.1. The smallest absolute Gasteiger partial charge is 0.324 e. The van der Waals surface area contributed by atoms with Gasteiger partial charge in [0.05, 0.1) is 11.0 Å². The van der Waals surface area contributed by atoms with Gasteiger partial charge in [-0.25, -0.2) is 9.18 Å². The number of carbonyl (C=O) groups is 1. The first-order chi connectivity index (χ1) is 11.0. The molecule has 1 heterocycles. The molecule has 0 atom stereocenters. The van der Waals surface area contributed by atoms with Gasteiger partial charge in [0, 0.05) is 5.69 Å². The Bertz CT molecular complexity index is 936. The van der Waals surface area contributed by atoms with Crippen LogP contribution in [-0.4, -0.2) is 15.5 Å². The van der Waals surface area contributed by atoms with Gasteiger partial charge in [-0.2, -0.15) is 0 Å². The molecule has 6 heteroatoms. The third kappa shape index (κ3) is 2.88. The van der Waals surface area contributed by atoms with Crippen molar-refractivity contribution < 1.29 is 9.18 Å². The number of aryl methyl sites for hydroxylation is 2. The second-order valence-corrected chi connectivity index (χ2v) is 5.49. The van der Waals surface area contributed by atoms with Crippen molar-refractivity contribution in [2.24, 2.45) is 0 Å². The number of rotatable bonds is 3. The number of H-pyrrole nitrogens is 1. The summed E-state index contributed by atoms with van der Waals surface area (Å²) in [5, 5.41) is 2.83. The third-order valence-electron chi connectivity index (χ3n) is 3.78. The average molecular weight is 313 g/mol. The topological polar surface area (TPSA) is 66.9 Å². The summed E-state index contributed by atoms with van der Waals surface area (Å²) < 4.78 is 14.5. The first-order valence-corrected chi connectivity index (χ1v) is 7.20. The minimum Gasteiger partial charge on any atom is -0.324 e. The molecular weight excluding hydrogens is 297 g/mol. The van der Waals surface area contributed by atoms with Gasteiger partial charge in [-0.15, -0.1) is 0 Å². The summed E-state index contributed by atoms with van der Waals surface area (Å²) in [4.78, 5) is 26.8. The number of imidazole rings is 1. The summed E-state index contributed by atoms with van der Waals surface area (Å²) >= 11 is 0. The number of aromatic nitrogens is 2. The monoisotopic (exact) mass is 313 g/mol. The third-order valence-corrected chi connectivity index (χ3v) is 3.78. The van der Waals surface area contributed by atoms with Crippen molar-refractivity contribution in [1.82, 2.24) is 9.55 Å². The summed E-state index contributed by atoms with van der Waals surface area (Å²) in [6.07, 6.45) is 0. The quantitative estimate of drug-likeness (QED) is 0.781. The molecule has 0 radical (unpaired) electrons. The fourth-order valence-electron chi connectivity index (χ4n) is 2.63. The molecule has 2 N–H and O–H groups in total. The molecule has 23 heavy (non-hydrogen) atoms. The van der Waals surface area contributed by atoms with Crippen LogP contribution in [0.4, 0.5) is 10.1 Å². The molecule has 2 aromatic carbocycles. The second-order valence-electron chi connectivity index (χ2n) is 5.49. The number of aromatic amines is 1. The molecule has 118 valence electrons. The molecule has 0 saturated carbocycles. The Morgan fingerprint density at radius 2 is 1.91 bits per heavy atom. The lowest BCUT2D eigenvalue weighted by molar-refractivity contribution is -0.116. The van der Waals surface area contributed by atoms with Crippen molar-refractivity contribution in [3.8, 4) is 0 Å². The number of hydrogen-bond acceptors (Lipinski definition) is 2. The summed E-state index contributed by atoms with van der Waals surface area (Å²) in [5.41, 5.74) is 3.07. The number of hydrogen-bond donors (Lipinski definition) is 2. The van der Waals surface area contributed by atoms with E-state index in [1.807, 2.05) is 32.0 Å². The van der Waals surface area contributed by atoms with E-state index in [0.717, 1.165) is 16.8 Å². The largest absolute Gasteiger partial charge is 0.326 e. The molecule has 1 aromatic heterocycles. The number of para-hydroxylation sites is 1. The zero-order valence-electron chi connectivity index (χ0n) is 12.8. The number of carbonyl (C=O) groups excluding carboxylic acids is 1. The van der Waals surface area contributed by atoms with Crippen LogP contribution >= 0.6 is 0 Å². The van der Waals surface area contributed by atoms with Gasteiger partial charge >= 0.3 is 5.69 Å². The van der Waals surface area contributed by atoms with Crippen LogP contribution in [0.25, 0.3) is 11.0 Å². The fourth-order valence-corrected chi connectivity index (χ4v) is 2.63. The lowest BCUT2D eigenvalue weighted by Crippen LogP contribution is -2.26. The van der Waals surface area contributed by atoms with Crippen molar-refractivity contribution in [2.45, 2.75) is 20.4 Å². The standard InChI is InChI=1S/C17H16FN3O2/c1-10-4-3-5-11(2)16(10)20-15(22)9-21-14-7-6-12(18)8-13(14)19-17(21)23/h3-8H,9H2,1-2H3,(H,19,23)(H,20,22). The minimum absolute atomic E-state index is 0.141. The van der Waals surface area contributed by atoms with Crippen molar-refractivity contribution in [3.63, 3.8) is 0 Å². The van der Waals surface area contributed by atoms with E-state index in [0.29, 0.717) is 11.0 Å². The molecule has 0 aliphatic rings. The highest BCUT2D eigenvalue weighted by Crippen LogP contribution is 2.19. The number of halogens is 1. The summed E-state index contributed by atoms with van der Waals surface area (Å²) in [6.45, 7) is 3.67. The molecule has 1 amide bonds.